The molecule has 0 radical (unpaired) electrons. The molecule has 0 aromatic heterocycles. The fourth-order valence-corrected chi connectivity index (χ4v) is 1.48. The van der Waals surface area contributed by atoms with Gasteiger partial charge in [0.05, 0.1) is 3.57 Å². The number of carbonyl (C=O) groups excluding carboxylic acids is 1. The van der Waals surface area contributed by atoms with Gasteiger partial charge in [-0.3, -0.25) is 4.79 Å². The van der Waals surface area contributed by atoms with Crippen LogP contribution < -0.4 is 5.73 Å². The van der Waals surface area contributed by atoms with E-state index in [0.717, 1.165) is 0 Å². The van der Waals surface area contributed by atoms with Crippen LogP contribution in [0.3, 0.4) is 0 Å². The predicted molar refractivity (Wildman–Crippen MR) is 63.6 cm³/mol. The summed E-state index contributed by atoms with van der Waals surface area (Å²) in [5, 5.41) is 17.9. The zero-order chi connectivity index (χ0) is 11.4. The Kier molecular flexibility index (Phi) is 3.68. The van der Waals surface area contributed by atoms with Crippen molar-refractivity contribution in [2.75, 3.05) is 0 Å². The summed E-state index contributed by atoms with van der Waals surface area (Å²) in [5.74, 6) is -0.606. The zero-order valence-electron chi connectivity index (χ0n) is 7.57. The summed E-state index contributed by atoms with van der Waals surface area (Å²) < 4.78 is 0.642. The number of amides is 1. The molecule has 0 bridgehead atoms. The highest BCUT2D eigenvalue weighted by Gasteiger charge is 2.04. The first-order chi connectivity index (χ1) is 7.04. The van der Waals surface area contributed by atoms with Crippen LogP contribution in [0, 0.1) is 14.9 Å². The average Bonchev–Trinajstić information content (AvgIpc) is 2.19. The third kappa shape index (κ3) is 2.95. The summed E-state index contributed by atoms with van der Waals surface area (Å²) in [6, 6.07) is 6.44. The minimum Gasteiger partial charge on any atom is -0.507 e. The van der Waals surface area contributed by atoms with Crippen LogP contribution in [0.4, 0.5) is 0 Å². The normalized spacial score (nSPS) is 10.8. The molecule has 0 saturated carbocycles. The number of rotatable bonds is 2. The second-order valence-corrected chi connectivity index (χ2v) is 3.91. The number of halogens is 1. The Morgan fingerprint density at radius 2 is 2.27 bits per heavy atom. The van der Waals surface area contributed by atoms with Crippen molar-refractivity contribution in [3.05, 3.63) is 32.9 Å². The number of benzene rings is 1. The highest BCUT2D eigenvalue weighted by atomic mass is 127. The molecule has 0 spiro atoms. The van der Waals surface area contributed by atoms with Crippen LogP contribution in [0.5, 0.6) is 5.75 Å². The highest BCUT2D eigenvalue weighted by Crippen LogP contribution is 2.21. The van der Waals surface area contributed by atoms with Crippen LogP contribution in [-0.2, 0) is 4.79 Å². The number of hydrogen-bond donors (Lipinski definition) is 2. The van der Waals surface area contributed by atoms with E-state index in [-0.39, 0.29) is 11.3 Å². The first-order valence-corrected chi connectivity index (χ1v) is 5.02. The monoisotopic (exact) mass is 314 g/mol. The molecule has 76 valence electrons. The molecule has 5 heteroatoms. The Hall–Kier alpha value is -1.55. The Morgan fingerprint density at radius 1 is 1.60 bits per heavy atom. The number of primary amides is 1. The fourth-order valence-electron chi connectivity index (χ4n) is 0.938. The van der Waals surface area contributed by atoms with Gasteiger partial charge in [-0.2, -0.15) is 5.26 Å². The van der Waals surface area contributed by atoms with E-state index in [1.807, 2.05) is 22.6 Å². The highest BCUT2D eigenvalue weighted by molar-refractivity contribution is 14.1. The Morgan fingerprint density at radius 3 is 2.73 bits per heavy atom. The van der Waals surface area contributed by atoms with Crippen LogP contribution in [0.1, 0.15) is 5.56 Å². The van der Waals surface area contributed by atoms with E-state index in [1.54, 1.807) is 18.2 Å². The molecule has 4 nitrogen and oxygen atoms in total. The first kappa shape index (κ1) is 11.5. The second kappa shape index (κ2) is 4.79. The SMILES string of the molecule is N#CC(=Cc1ccc(O)c(I)c1)C(N)=O. The van der Waals surface area contributed by atoms with E-state index in [1.165, 1.54) is 12.1 Å². The summed E-state index contributed by atoms with van der Waals surface area (Å²) in [6.07, 6.45) is 1.38. The zero-order valence-corrected chi connectivity index (χ0v) is 9.72. The third-order valence-electron chi connectivity index (χ3n) is 1.67. The minimum absolute atomic E-state index is 0.114. The summed E-state index contributed by atoms with van der Waals surface area (Å²) in [5.41, 5.74) is 5.51. The number of hydrogen-bond acceptors (Lipinski definition) is 3. The maximum absolute atomic E-state index is 10.8. The van der Waals surface area contributed by atoms with Crippen molar-refractivity contribution in [2.24, 2.45) is 5.73 Å². The largest absolute Gasteiger partial charge is 0.507 e. The van der Waals surface area contributed by atoms with Gasteiger partial charge >= 0.3 is 0 Å². The van der Waals surface area contributed by atoms with Gasteiger partial charge in [0, 0.05) is 0 Å². The molecule has 1 aromatic rings. The van der Waals surface area contributed by atoms with Gasteiger partial charge in [0.25, 0.3) is 5.91 Å². The Balaban J connectivity index is 3.14. The molecule has 0 aliphatic carbocycles. The topological polar surface area (TPSA) is 87.1 Å². The molecule has 0 unspecified atom stereocenters. The molecule has 0 fully saturated rings. The quantitative estimate of drug-likeness (QED) is 0.491. The van der Waals surface area contributed by atoms with Gasteiger partial charge in [-0.15, -0.1) is 0 Å². The van der Waals surface area contributed by atoms with E-state index in [0.29, 0.717) is 9.13 Å². The maximum atomic E-state index is 10.8. The predicted octanol–water partition coefficient (Wildman–Crippen LogP) is 1.39. The van der Waals surface area contributed by atoms with E-state index < -0.39 is 5.91 Å². The third-order valence-corrected chi connectivity index (χ3v) is 2.53. The summed E-state index contributed by atoms with van der Waals surface area (Å²) in [6.45, 7) is 0. The fraction of sp³-hybridized carbons (Fsp3) is 0. The molecule has 1 rings (SSSR count). The number of phenols is 1. The lowest BCUT2D eigenvalue weighted by molar-refractivity contribution is -0.114. The van der Waals surface area contributed by atoms with Crippen molar-refractivity contribution < 1.29 is 9.90 Å². The first-order valence-electron chi connectivity index (χ1n) is 3.94. The van der Waals surface area contributed by atoms with Crippen molar-refractivity contribution in [2.45, 2.75) is 0 Å². The van der Waals surface area contributed by atoms with E-state index in [4.69, 9.17) is 11.0 Å². The van der Waals surface area contributed by atoms with Crippen LogP contribution in [0.15, 0.2) is 23.8 Å². The smallest absolute Gasteiger partial charge is 0.259 e. The van der Waals surface area contributed by atoms with Gasteiger partial charge in [0.2, 0.25) is 0 Å². The van der Waals surface area contributed by atoms with Gasteiger partial charge in [-0.25, -0.2) is 0 Å². The molecule has 15 heavy (non-hydrogen) atoms. The summed E-state index contributed by atoms with van der Waals surface area (Å²) >= 11 is 1.95. The standard InChI is InChI=1S/C10H7IN2O2/c11-8-4-6(1-2-9(8)14)3-7(5-12)10(13)15/h1-4,14H,(H2,13,15). The van der Waals surface area contributed by atoms with Gasteiger partial charge in [-0.1, -0.05) is 6.07 Å². The lowest BCUT2D eigenvalue weighted by Crippen LogP contribution is -2.12. The molecule has 0 saturated heterocycles. The van der Waals surface area contributed by atoms with Gasteiger partial charge in [0.1, 0.15) is 17.4 Å². The molecule has 1 aromatic carbocycles. The van der Waals surface area contributed by atoms with Crippen molar-refractivity contribution >= 4 is 34.6 Å². The van der Waals surface area contributed by atoms with E-state index in [2.05, 4.69) is 0 Å². The van der Waals surface area contributed by atoms with Crippen molar-refractivity contribution in [1.82, 2.24) is 0 Å². The van der Waals surface area contributed by atoms with Crippen LogP contribution in [0.25, 0.3) is 6.08 Å². The van der Waals surface area contributed by atoms with Gasteiger partial charge in [-0.05, 0) is 46.4 Å². The number of phenolic OH excluding ortho intramolecular Hbond substituents is 1. The van der Waals surface area contributed by atoms with E-state index in [9.17, 15) is 9.90 Å². The van der Waals surface area contributed by atoms with Crippen LogP contribution >= 0.6 is 22.6 Å². The molecule has 0 atom stereocenters. The number of nitriles is 1. The Bertz CT molecular complexity index is 475. The minimum atomic E-state index is -0.763. The van der Waals surface area contributed by atoms with E-state index >= 15 is 0 Å². The lowest BCUT2D eigenvalue weighted by Gasteiger charge is -1.98. The molecule has 0 heterocycles. The van der Waals surface area contributed by atoms with Crippen molar-refractivity contribution in [3.8, 4) is 11.8 Å². The van der Waals surface area contributed by atoms with Crippen molar-refractivity contribution in [1.29, 1.82) is 5.26 Å². The molecule has 0 aliphatic heterocycles. The number of nitrogens with zero attached hydrogens (tertiary/aromatic N) is 1. The van der Waals surface area contributed by atoms with Crippen molar-refractivity contribution in [3.63, 3.8) is 0 Å². The maximum Gasteiger partial charge on any atom is 0.259 e. The molecule has 3 N–H and O–H groups in total. The summed E-state index contributed by atoms with van der Waals surface area (Å²) in [7, 11) is 0. The van der Waals surface area contributed by atoms with Gasteiger partial charge < -0.3 is 10.8 Å². The molecular formula is C10H7IN2O2. The number of aromatic hydroxyl groups is 1. The van der Waals surface area contributed by atoms with Crippen LogP contribution in [-0.4, -0.2) is 11.0 Å². The van der Waals surface area contributed by atoms with Crippen LogP contribution in [0.2, 0.25) is 0 Å². The van der Waals surface area contributed by atoms with Gasteiger partial charge in [0.15, 0.2) is 0 Å². The molecule has 1 amide bonds. The molecular weight excluding hydrogens is 307 g/mol. The lowest BCUT2D eigenvalue weighted by atomic mass is 10.1. The summed E-state index contributed by atoms with van der Waals surface area (Å²) in [4.78, 5) is 10.8. The molecule has 0 aliphatic rings. The number of nitrogens with two attached hydrogens (primary N) is 1. The second-order valence-electron chi connectivity index (χ2n) is 2.74. The average molecular weight is 314 g/mol. The number of carbonyl (C=O) groups is 1. The Labute approximate surface area is 100 Å².